The SMILES string of the molecule is CC(CO)c1ccc(CC(=O)N(C)C(C)c2ccc(OCC(F)(F)F)cn2)cc1. The number of aliphatic hydroxyl groups excluding tert-OH is 1. The van der Waals surface area contributed by atoms with E-state index >= 15 is 0 Å². The summed E-state index contributed by atoms with van der Waals surface area (Å²) in [5.74, 6) is -0.0549. The number of likely N-dealkylation sites (N-methyl/N-ethyl adjacent to an activating group) is 1. The van der Waals surface area contributed by atoms with Crippen LogP contribution in [0.5, 0.6) is 5.75 Å². The number of alkyl halides is 3. The van der Waals surface area contributed by atoms with Gasteiger partial charge >= 0.3 is 6.18 Å². The van der Waals surface area contributed by atoms with Crippen LogP contribution in [0.1, 0.15) is 42.6 Å². The second-order valence-electron chi connectivity index (χ2n) is 7.01. The molecule has 2 aromatic rings. The van der Waals surface area contributed by atoms with E-state index in [0.29, 0.717) is 5.69 Å². The zero-order valence-corrected chi connectivity index (χ0v) is 16.6. The molecular formula is C21H25F3N2O3. The van der Waals surface area contributed by atoms with Crippen molar-refractivity contribution in [3.8, 4) is 5.75 Å². The highest BCUT2D eigenvalue weighted by Gasteiger charge is 2.28. The van der Waals surface area contributed by atoms with Gasteiger partial charge in [0.25, 0.3) is 0 Å². The van der Waals surface area contributed by atoms with Gasteiger partial charge in [-0.05, 0) is 30.2 Å². The fourth-order valence-electron chi connectivity index (χ4n) is 2.67. The normalized spacial score (nSPS) is 13.6. The summed E-state index contributed by atoms with van der Waals surface area (Å²) in [4.78, 5) is 18.3. The summed E-state index contributed by atoms with van der Waals surface area (Å²) >= 11 is 0. The van der Waals surface area contributed by atoms with E-state index in [1.807, 2.05) is 31.2 Å². The molecule has 1 aromatic heterocycles. The van der Waals surface area contributed by atoms with Gasteiger partial charge in [-0.25, -0.2) is 0 Å². The van der Waals surface area contributed by atoms with E-state index < -0.39 is 12.8 Å². The Bertz CT molecular complexity index is 792. The van der Waals surface area contributed by atoms with Gasteiger partial charge in [0.1, 0.15) is 5.75 Å². The Labute approximate surface area is 168 Å². The number of amides is 1. The molecule has 0 radical (unpaired) electrons. The topological polar surface area (TPSA) is 62.7 Å². The fourth-order valence-corrected chi connectivity index (χ4v) is 2.67. The number of halogens is 3. The molecule has 0 saturated carbocycles. The number of benzene rings is 1. The standard InChI is InChI=1S/C21H25F3N2O3/c1-14(12-27)17-6-4-16(5-7-17)10-20(28)26(3)15(2)19-9-8-18(11-25-19)29-13-21(22,23)24/h4-9,11,14-15,27H,10,12-13H2,1-3H3. The maximum Gasteiger partial charge on any atom is 0.422 e. The molecule has 29 heavy (non-hydrogen) atoms. The van der Waals surface area contributed by atoms with Gasteiger partial charge in [0.2, 0.25) is 5.91 Å². The second-order valence-corrected chi connectivity index (χ2v) is 7.01. The van der Waals surface area contributed by atoms with Crippen molar-refractivity contribution >= 4 is 5.91 Å². The molecule has 5 nitrogen and oxygen atoms in total. The van der Waals surface area contributed by atoms with E-state index in [0.717, 1.165) is 11.1 Å². The third-order valence-electron chi connectivity index (χ3n) is 4.74. The summed E-state index contributed by atoms with van der Waals surface area (Å²) < 4.78 is 41.2. The quantitative estimate of drug-likeness (QED) is 0.718. The summed E-state index contributed by atoms with van der Waals surface area (Å²) in [7, 11) is 1.66. The molecule has 0 fully saturated rings. The Hall–Kier alpha value is -2.61. The third-order valence-corrected chi connectivity index (χ3v) is 4.74. The van der Waals surface area contributed by atoms with E-state index in [-0.39, 0.29) is 36.6 Å². The summed E-state index contributed by atoms with van der Waals surface area (Å²) in [6.07, 6.45) is -2.98. The number of hydrogen-bond acceptors (Lipinski definition) is 4. The minimum absolute atomic E-state index is 0.0180. The minimum Gasteiger partial charge on any atom is -0.483 e. The lowest BCUT2D eigenvalue weighted by molar-refractivity contribution is -0.153. The van der Waals surface area contributed by atoms with Gasteiger partial charge in [0.15, 0.2) is 6.61 Å². The lowest BCUT2D eigenvalue weighted by Crippen LogP contribution is -2.31. The van der Waals surface area contributed by atoms with E-state index in [2.05, 4.69) is 9.72 Å². The van der Waals surface area contributed by atoms with Crippen molar-refractivity contribution in [2.75, 3.05) is 20.3 Å². The molecule has 1 heterocycles. The molecule has 2 unspecified atom stereocenters. The van der Waals surface area contributed by atoms with Crippen LogP contribution in [0.2, 0.25) is 0 Å². The fraction of sp³-hybridized carbons (Fsp3) is 0.429. The van der Waals surface area contributed by atoms with Crippen LogP contribution in [-0.4, -0.2) is 47.3 Å². The number of rotatable bonds is 8. The van der Waals surface area contributed by atoms with Crippen molar-refractivity contribution < 1.29 is 27.8 Å². The summed E-state index contributed by atoms with van der Waals surface area (Å²) in [6.45, 7) is 2.40. The zero-order valence-electron chi connectivity index (χ0n) is 16.6. The number of carbonyl (C=O) groups is 1. The van der Waals surface area contributed by atoms with Crippen molar-refractivity contribution in [3.05, 3.63) is 59.4 Å². The van der Waals surface area contributed by atoms with Crippen molar-refractivity contribution in [2.45, 2.75) is 38.4 Å². The Kier molecular flexibility index (Phi) is 7.61. The number of aromatic nitrogens is 1. The number of aliphatic hydroxyl groups is 1. The van der Waals surface area contributed by atoms with Gasteiger partial charge in [-0.3, -0.25) is 9.78 Å². The molecule has 1 N–H and O–H groups in total. The van der Waals surface area contributed by atoms with E-state index in [4.69, 9.17) is 0 Å². The third kappa shape index (κ3) is 6.74. The first-order valence-corrected chi connectivity index (χ1v) is 9.21. The smallest absolute Gasteiger partial charge is 0.422 e. The van der Waals surface area contributed by atoms with Crippen LogP contribution in [0.15, 0.2) is 42.6 Å². The van der Waals surface area contributed by atoms with Crippen molar-refractivity contribution in [3.63, 3.8) is 0 Å². The van der Waals surface area contributed by atoms with Gasteiger partial charge < -0.3 is 14.7 Å². The predicted octanol–water partition coefficient (Wildman–Crippen LogP) is 3.88. The molecular weight excluding hydrogens is 385 g/mol. The molecule has 0 aliphatic carbocycles. The van der Waals surface area contributed by atoms with Gasteiger partial charge in [0.05, 0.1) is 24.4 Å². The highest BCUT2D eigenvalue weighted by atomic mass is 19.4. The predicted molar refractivity (Wildman–Crippen MR) is 103 cm³/mol. The zero-order chi connectivity index (χ0) is 21.6. The summed E-state index contributed by atoms with van der Waals surface area (Å²) in [5.41, 5.74) is 2.40. The van der Waals surface area contributed by atoms with Crippen LogP contribution in [0.25, 0.3) is 0 Å². The molecule has 0 aliphatic heterocycles. The van der Waals surface area contributed by atoms with Crippen LogP contribution in [0.3, 0.4) is 0 Å². The van der Waals surface area contributed by atoms with Crippen LogP contribution >= 0.6 is 0 Å². The lowest BCUT2D eigenvalue weighted by Gasteiger charge is -2.25. The summed E-state index contributed by atoms with van der Waals surface area (Å²) in [5, 5.41) is 9.20. The monoisotopic (exact) mass is 410 g/mol. The van der Waals surface area contributed by atoms with Crippen molar-refractivity contribution in [1.82, 2.24) is 9.88 Å². The maximum atomic E-state index is 12.6. The lowest BCUT2D eigenvalue weighted by atomic mass is 9.99. The van der Waals surface area contributed by atoms with Gasteiger partial charge in [0, 0.05) is 19.6 Å². The Balaban J connectivity index is 1.96. The molecule has 2 atom stereocenters. The molecule has 1 aromatic carbocycles. The Morgan fingerprint density at radius 2 is 1.83 bits per heavy atom. The molecule has 8 heteroatoms. The largest absolute Gasteiger partial charge is 0.483 e. The van der Waals surface area contributed by atoms with Crippen LogP contribution in [0, 0.1) is 0 Å². The highest BCUT2D eigenvalue weighted by molar-refractivity contribution is 5.78. The molecule has 0 bridgehead atoms. The number of pyridine rings is 1. The number of nitrogens with zero attached hydrogens (tertiary/aromatic N) is 2. The van der Waals surface area contributed by atoms with Gasteiger partial charge in [-0.1, -0.05) is 31.2 Å². The average Bonchev–Trinajstić information content (AvgIpc) is 2.71. The first-order chi connectivity index (χ1) is 13.6. The van der Waals surface area contributed by atoms with Crippen molar-refractivity contribution in [1.29, 1.82) is 0 Å². The molecule has 0 spiro atoms. The van der Waals surface area contributed by atoms with E-state index in [1.54, 1.807) is 24.9 Å². The van der Waals surface area contributed by atoms with Gasteiger partial charge in [-0.2, -0.15) is 13.2 Å². The molecule has 158 valence electrons. The first-order valence-electron chi connectivity index (χ1n) is 9.21. The molecule has 0 aliphatic rings. The van der Waals surface area contributed by atoms with E-state index in [9.17, 15) is 23.1 Å². The summed E-state index contributed by atoms with van der Waals surface area (Å²) in [6, 6.07) is 10.1. The average molecular weight is 410 g/mol. The first kappa shape index (κ1) is 22.7. The molecule has 0 saturated heterocycles. The minimum atomic E-state index is -4.41. The van der Waals surface area contributed by atoms with Crippen LogP contribution < -0.4 is 4.74 Å². The maximum absolute atomic E-state index is 12.6. The second kappa shape index (κ2) is 9.73. The number of ether oxygens (including phenoxy) is 1. The van der Waals surface area contributed by atoms with E-state index in [1.165, 1.54) is 12.3 Å². The Morgan fingerprint density at radius 3 is 2.34 bits per heavy atom. The van der Waals surface area contributed by atoms with Gasteiger partial charge in [-0.15, -0.1) is 0 Å². The number of carbonyl (C=O) groups excluding carboxylic acids is 1. The molecule has 1 amide bonds. The Morgan fingerprint density at radius 1 is 1.17 bits per heavy atom. The van der Waals surface area contributed by atoms with Crippen LogP contribution in [-0.2, 0) is 11.2 Å². The molecule has 2 rings (SSSR count). The van der Waals surface area contributed by atoms with Crippen LogP contribution in [0.4, 0.5) is 13.2 Å². The number of hydrogen-bond donors (Lipinski definition) is 1. The van der Waals surface area contributed by atoms with Crippen molar-refractivity contribution in [2.24, 2.45) is 0 Å². The highest BCUT2D eigenvalue weighted by Crippen LogP contribution is 2.22.